The highest BCUT2D eigenvalue weighted by atomic mass is 32.2. The van der Waals surface area contributed by atoms with Gasteiger partial charge in [0.15, 0.2) is 10.6 Å². The van der Waals surface area contributed by atoms with Crippen LogP contribution in [0.4, 0.5) is 5.69 Å². The summed E-state index contributed by atoms with van der Waals surface area (Å²) in [5, 5.41) is 11.8. The molecular weight excluding hydrogens is 304 g/mol. The number of benzene rings is 1. The molecule has 0 atom stereocenters. The van der Waals surface area contributed by atoms with Gasteiger partial charge in [-0.15, -0.1) is 11.3 Å². The number of aromatic nitrogens is 2. The summed E-state index contributed by atoms with van der Waals surface area (Å²) in [7, 11) is 0. The third-order valence-electron chi connectivity index (χ3n) is 3.03. The van der Waals surface area contributed by atoms with E-state index in [0.717, 1.165) is 32.8 Å². The quantitative estimate of drug-likeness (QED) is 0.566. The summed E-state index contributed by atoms with van der Waals surface area (Å²) in [4.78, 5) is 17.9. The molecular formula is C14H10N4OS2. The van der Waals surface area contributed by atoms with Gasteiger partial charge in [-0.25, -0.2) is 4.98 Å². The van der Waals surface area contributed by atoms with Crippen LogP contribution in [0.3, 0.4) is 0 Å². The Morgan fingerprint density at radius 2 is 2.38 bits per heavy atom. The van der Waals surface area contributed by atoms with Gasteiger partial charge in [0.05, 0.1) is 16.8 Å². The molecule has 0 saturated heterocycles. The number of nitrogens with zero attached hydrogens (tertiary/aromatic N) is 2. The van der Waals surface area contributed by atoms with Crippen LogP contribution in [0, 0.1) is 18.3 Å². The molecule has 2 heterocycles. The number of aromatic amines is 1. The Bertz CT molecular complexity index is 860. The molecule has 0 aliphatic rings. The van der Waals surface area contributed by atoms with Gasteiger partial charge in [-0.2, -0.15) is 5.26 Å². The predicted molar refractivity (Wildman–Crippen MR) is 84.7 cm³/mol. The van der Waals surface area contributed by atoms with Crippen LogP contribution >= 0.6 is 23.3 Å². The largest absolute Gasteiger partial charge is 0.358 e. The van der Waals surface area contributed by atoms with Crippen molar-refractivity contribution in [3.63, 3.8) is 0 Å². The summed E-state index contributed by atoms with van der Waals surface area (Å²) in [6, 6.07) is 6.11. The molecule has 0 unspecified atom stereocenters. The Balaban J connectivity index is 1.91. The van der Waals surface area contributed by atoms with Crippen LogP contribution in [0.2, 0.25) is 0 Å². The van der Waals surface area contributed by atoms with E-state index < -0.39 is 0 Å². The number of aldehydes is 1. The zero-order chi connectivity index (χ0) is 14.8. The van der Waals surface area contributed by atoms with Crippen LogP contribution in [0.1, 0.15) is 21.6 Å². The molecule has 1 aromatic carbocycles. The van der Waals surface area contributed by atoms with Gasteiger partial charge in [0.2, 0.25) is 0 Å². The summed E-state index contributed by atoms with van der Waals surface area (Å²) in [6.07, 6.45) is 2.44. The minimum absolute atomic E-state index is 0.435. The second-order valence-electron chi connectivity index (χ2n) is 4.35. The number of aryl methyl sites for hydroxylation is 1. The number of rotatable bonds is 4. The predicted octanol–water partition coefficient (Wildman–Crippen LogP) is 3.74. The lowest BCUT2D eigenvalue weighted by molar-refractivity contribution is 0.111. The second kappa shape index (κ2) is 5.60. The van der Waals surface area contributed by atoms with E-state index in [0.29, 0.717) is 11.3 Å². The van der Waals surface area contributed by atoms with Crippen LogP contribution in [-0.2, 0) is 0 Å². The smallest absolute Gasteiger partial charge is 0.171 e. The van der Waals surface area contributed by atoms with Crippen molar-refractivity contribution in [1.29, 1.82) is 5.26 Å². The highest BCUT2D eigenvalue weighted by molar-refractivity contribution is 8.02. The van der Waals surface area contributed by atoms with Crippen LogP contribution in [0.15, 0.2) is 28.0 Å². The number of hydrogen-bond acceptors (Lipinski definition) is 6. The van der Waals surface area contributed by atoms with E-state index in [2.05, 4.69) is 20.8 Å². The van der Waals surface area contributed by atoms with E-state index in [-0.39, 0.29) is 0 Å². The molecule has 21 heavy (non-hydrogen) atoms. The number of hydrogen-bond donors (Lipinski definition) is 2. The molecule has 3 rings (SSSR count). The van der Waals surface area contributed by atoms with Crippen molar-refractivity contribution >= 4 is 46.2 Å². The maximum absolute atomic E-state index is 10.6. The van der Waals surface area contributed by atoms with Crippen molar-refractivity contribution in [2.75, 3.05) is 4.72 Å². The average molecular weight is 314 g/mol. The average Bonchev–Trinajstić information content (AvgIpc) is 3.13. The van der Waals surface area contributed by atoms with Gasteiger partial charge in [0.25, 0.3) is 0 Å². The monoisotopic (exact) mass is 314 g/mol. The number of nitrogens with one attached hydrogen (secondary N) is 2. The number of carbonyl (C=O) groups is 1. The van der Waals surface area contributed by atoms with E-state index in [1.54, 1.807) is 11.6 Å². The molecule has 2 aromatic heterocycles. The Morgan fingerprint density at radius 1 is 1.52 bits per heavy atom. The zero-order valence-corrected chi connectivity index (χ0v) is 12.6. The second-order valence-corrected chi connectivity index (χ2v) is 6.27. The Kier molecular flexibility index (Phi) is 3.64. The molecule has 0 aliphatic carbocycles. The van der Waals surface area contributed by atoms with E-state index >= 15 is 0 Å². The van der Waals surface area contributed by atoms with Crippen molar-refractivity contribution in [3.05, 3.63) is 40.5 Å². The minimum Gasteiger partial charge on any atom is -0.358 e. The van der Waals surface area contributed by atoms with Gasteiger partial charge >= 0.3 is 0 Å². The van der Waals surface area contributed by atoms with E-state index in [4.69, 9.17) is 5.26 Å². The summed E-state index contributed by atoms with van der Waals surface area (Å²) in [5.41, 5.74) is 3.89. The first-order valence-corrected chi connectivity index (χ1v) is 7.77. The van der Waals surface area contributed by atoms with Gasteiger partial charge in [-0.1, -0.05) is 6.07 Å². The van der Waals surface area contributed by atoms with Gasteiger partial charge in [-0.3, -0.25) is 4.79 Å². The van der Waals surface area contributed by atoms with Crippen LogP contribution in [-0.4, -0.2) is 16.3 Å². The lowest BCUT2D eigenvalue weighted by Crippen LogP contribution is -1.90. The van der Waals surface area contributed by atoms with Gasteiger partial charge in [0.1, 0.15) is 11.8 Å². The zero-order valence-electron chi connectivity index (χ0n) is 11.0. The van der Waals surface area contributed by atoms with Gasteiger partial charge in [0, 0.05) is 28.9 Å². The fraction of sp³-hybridized carbons (Fsp3) is 0.0714. The van der Waals surface area contributed by atoms with Crippen molar-refractivity contribution in [1.82, 2.24) is 9.97 Å². The lowest BCUT2D eigenvalue weighted by Gasteiger charge is -2.06. The van der Waals surface area contributed by atoms with Crippen LogP contribution < -0.4 is 4.72 Å². The van der Waals surface area contributed by atoms with E-state index in [1.807, 2.05) is 19.1 Å². The maximum atomic E-state index is 10.6. The molecule has 0 fully saturated rings. The standard InChI is InChI=1S/C14H10N4OS2/c1-8-2-3-11(13-12(8)9(4-15)5-16-13)18-21-14-17-10(6-19)7-20-14/h2-3,5-7,16,18H,1H3. The van der Waals surface area contributed by atoms with Gasteiger partial charge in [-0.05, 0) is 18.6 Å². The normalized spacial score (nSPS) is 10.5. The SMILES string of the molecule is Cc1ccc(NSc2nc(C=O)cs2)c2[nH]cc(C#N)c12. The molecule has 0 spiro atoms. The Labute approximate surface area is 129 Å². The molecule has 5 nitrogen and oxygen atoms in total. The number of carbonyl (C=O) groups excluding carboxylic acids is 1. The van der Waals surface area contributed by atoms with Gasteiger partial charge < -0.3 is 9.71 Å². The third-order valence-corrected chi connectivity index (χ3v) is 4.81. The number of nitriles is 1. The Hall–Kier alpha value is -2.30. The highest BCUT2D eigenvalue weighted by Gasteiger charge is 2.11. The van der Waals surface area contributed by atoms with E-state index in [1.165, 1.54) is 23.3 Å². The first kappa shape index (κ1) is 13.7. The first-order chi connectivity index (χ1) is 10.2. The number of fused-ring (bicyclic) bond motifs is 1. The molecule has 2 N–H and O–H groups in total. The number of thiazole rings is 1. The lowest BCUT2D eigenvalue weighted by atomic mass is 10.1. The molecule has 0 aliphatic heterocycles. The number of H-pyrrole nitrogens is 1. The summed E-state index contributed by atoms with van der Waals surface area (Å²) >= 11 is 2.75. The Morgan fingerprint density at radius 3 is 3.10 bits per heavy atom. The third kappa shape index (κ3) is 2.51. The molecule has 0 amide bonds. The molecule has 7 heteroatoms. The summed E-state index contributed by atoms with van der Waals surface area (Å²) < 4.78 is 3.98. The van der Waals surface area contributed by atoms with Crippen LogP contribution in [0.25, 0.3) is 10.9 Å². The molecule has 3 aromatic rings. The topological polar surface area (TPSA) is 81.6 Å². The molecule has 0 radical (unpaired) electrons. The minimum atomic E-state index is 0.435. The summed E-state index contributed by atoms with van der Waals surface area (Å²) in [5.74, 6) is 0. The van der Waals surface area contributed by atoms with E-state index in [9.17, 15) is 4.79 Å². The highest BCUT2D eigenvalue weighted by Crippen LogP contribution is 2.32. The van der Waals surface area contributed by atoms with Crippen molar-refractivity contribution in [2.24, 2.45) is 0 Å². The molecule has 0 saturated carbocycles. The maximum Gasteiger partial charge on any atom is 0.171 e. The van der Waals surface area contributed by atoms with Crippen molar-refractivity contribution in [3.8, 4) is 6.07 Å². The summed E-state index contributed by atoms with van der Waals surface area (Å²) in [6.45, 7) is 1.98. The molecule has 104 valence electrons. The first-order valence-electron chi connectivity index (χ1n) is 6.07. The van der Waals surface area contributed by atoms with Crippen LogP contribution in [0.5, 0.6) is 0 Å². The number of anilines is 1. The molecule has 0 bridgehead atoms. The fourth-order valence-corrected chi connectivity index (χ4v) is 3.53. The van der Waals surface area contributed by atoms with Crippen molar-refractivity contribution in [2.45, 2.75) is 11.3 Å². The fourth-order valence-electron chi connectivity index (χ4n) is 2.06. The van der Waals surface area contributed by atoms with Crippen molar-refractivity contribution < 1.29 is 4.79 Å².